The van der Waals surface area contributed by atoms with Crippen molar-refractivity contribution in [3.05, 3.63) is 35.0 Å². The van der Waals surface area contributed by atoms with Crippen LogP contribution in [0, 0.1) is 13.8 Å². The Bertz CT molecular complexity index is 1180. The molecule has 10 nitrogen and oxygen atoms in total. The van der Waals surface area contributed by atoms with Crippen LogP contribution >= 0.6 is 0 Å². The number of carbonyl (C=O) groups excluding carboxylic acids is 1. The van der Waals surface area contributed by atoms with E-state index in [1.54, 1.807) is 30.0 Å². The number of amides is 1. The average molecular weight is 456 g/mol. The van der Waals surface area contributed by atoms with Gasteiger partial charge in [0.2, 0.25) is 18.6 Å². The minimum Gasteiger partial charge on any atom is -0.491 e. The molecule has 3 heterocycles. The van der Waals surface area contributed by atoms with E-state index in [2.05, 4.69) is 15.4 Å². The third-order valence-corrected chi connectivity index (χ3v) is 5.64. The van der Waals surface area contributed by atoms with Gasteiger partial charge in [-0.15, -0.1) is 5.10 Å². The molecule has 3 aromatic rings. The molecule has 1 atom stereocenters. The zero-order chi connectivity index (χ0) is 23.5. The maximum Gasteiger partial charge on any atom is 0.242 e. The van der Waals surface area contributed by atoms with Crippen molar-refractivity contribution in [2.45, 2.75) is 32.8 Å². The van der Waals surface area contributed by atoms with Gasteiger partial charge < -0.3 is 29.4 Å². The molecule has 0 aliphatic carbocycles. The topological polar surface area (TPSA) is 117 Å². The van der Waals surface area contributed by atoms with Crippen LogP contribution in [-0.4, -0.2) is 58.9 Å². The number of aryl methyl sites for hydroxylation is 3. The number of aromatic nitrogens is 3. The number of aliphatic hydroxyl groups excluding tert-OH is 1. The van der Waals surface area contributed by atoms with E-state index in [-0.39, 0.29) is 32.3 Å². The van der Waals surface area contributed by atoms with Crippen LogP contribution in [0.3, 0.4) is 0 Å². The number of pyridine rings is 1. The number of aliphatic hydroxyl groups is 1. The Labute approximate surface area is 191 Å². The molecule has 176 valence electrons. The van der Waals surface area contributed by atoms with Gasteiger partial charge in [0, 0.05) is 31.8 Å². The summed E-state index contributed by atoms with van der Waals surface area (Å²) in [6.45, 7) is 4.24. The second-order valence-corrected chi connectivity index (χ2v) is 7.92. The van der Waals surface area contributed by atoms with E-state index in [0.717, 1.165) is 27.9 Å². The highest BCUT2D eigenvalue weighted by atomic mass is 16.7. The molecule has 0 bridgehead atoms. The molecule has 10 heteroatoms. The predicted octanol–water partition coefficient (Wildman–Crippen LogP) is 1.81. The van der Waals surface area contributed by atoms with Gasteiger partial charge >= 0.3 is 0 Å². The Morgan fingerprint density at radius 3 is 2.88 bits per heavy atom. The third kappa shape index (κ3) is 4.80. The second kappa shape index (κ2) is 9.53. The van der Waals surface area contributed by atoms with E-state index in [1.165, 1.54) is 0 Å². The molecule has 1 aliphatic rings. The van der Waals surface area contributed by atoms with E-state index in [4.69, 9.17) is 18.9 Å². The Hall–Kier alpha value is -3.53. The summed E-state index contributed by atoms with van der Waals surface area (Å²) in [6.07, 6.45) is -0.0536. The number of hydrogen-bond acceptors (Lipinski definition) is 8. The summed E-state index contributed by atoms with van der Waals surface area (Å²) in [7, 11) is 3.40. The molecule has 0 saturated carbocycles. The molecule has 1 aromatic carbocycles. The van der Waals surface area contributed by atoms with E-state index in [1.807, 2.05) is 20.9 Å². The molecule has 2 N–H and O–H groups in total. The monoisotopic (exact) mass is 456 g/mol. The van der Waals surface area contributed by atoms with Crippen molar-refractivity contribution in [2.75, 3.05) is 27.1 Å². The molecule has 4 rings (SSSR count). The number of carbonyl (C=O) groups is 1. The lowest BCUT2D eigenvalue weighted by Crippen LogP contribution is -2.35. The maximum atomic E-state index is 12.4. The van der Waals surface area contributed by atoms with Crippen molar-refractivity contribution in [3.63, 3.8) is 0 Å². The first kappa shape index (κ1) is 22.7. The number of nitrogens with zero attached hydrogens (tertiary/aromatic N) is 3. The molecule has 1 amide bonds. The summed E-state index contributed by atoms with van der Waals surface area (Å²) < 4.78 is 23.2. The first-order valence-corrected chi connectivity index (χ1v) is 10.7. The van der Waals surface area contributed by atoms with Gasteiger partial charge in [0.15, 0.2) is 17.1 Å². The van der Waals surface area contributed by atoms with E-state index < -0.39 is 6.10 Å². The minimum atomic E-state index is -0.847. The molecule has 0 saturated heterocycles. The van der Waals surface area contributed by atoms with Gasteiger partial charge in [-0.3, -0.25) is 4.79 Å². The van der Waals surface area contributed by atoms with Crippen molar-refractivity contribution >= 4 is 16.9 Å². The van der Waals surface area contributed by atoms with Crippen molar-refractivity contribution in [3.8, 4) is 23.1 Å². The fourth-order valence-electron chi connectivity index (χ4n) is 3.88. The van der Waals surface area contributed by atoms with Gasteiger partial charge in [-0.1, -0.05) is 0 Å². The fourth-order valence-corrected chi connectivity index (χ4v) is 3.88. The lowest BCUT2D eigenvalue weighted by molar-refractivity contribution is -0.121. The van der Waals surface area contributed by atoms with Crippen LogP contribution in [-0.2, 0) is 18.3 Å². The molecule has 0 fully saturated rings. The van der Waals surface area contributed by atoms with Crippen LogP contribution in [0.25, 0.3) is 11.0 Å². The third-order valence-electron chi connectivity index (χ3n) is 5.64. The van der Waals surface area contributed by atoms with Crippen molar-refractivity contribution < 1.29 is 28.8 Å². The quantitative estimate of drug-likeness (QED) is 0.501. The van der Waals surface area contributed by atoms with E-state index in [9.17, 15) is 9.90 Å². The minimum absolute atomic E-state index is 0.0412. The number of rotatable bonds is 9. The highest BCUT2D eigenvalue weighted by Crippen LogP contribution is 2.35. The van der Waals surface area contributed by atoms with Gasteiger partial charge in [0.1, 0.15) is 18.5 Å². The predicted molar refractivity (Wildman–Crippen MR) is 120 cm³/mol. The Kier molecular flexibility index (Phi) is 6.55. The number of fused-ring (bicyclic) bond motifs is 2. The van der Waals surface area contributed by atoms with Crippen molar-refractivity contribution in [1.82, 2.24) is 20.1 Å². The Morgan fingerprint density at radius 2 is 2.09 bits per heavy atom. The van der Waals surface area contributed by atoms with E-state index >= 15 is 0 Å². The SMILES string of the molecule is COc1nn(C)c2nc(C)c(CCC(=O)NCC(O)COc3ccc4c(c3)OCO4)c(C)c12. The number of methoxy groups -OCH3 is 1. The molecule has 1 unspecified atom stereocenters. The summed E-state index contributed by atoms with van der Waals surface area (Å²) in [5, 5.41) is 18.1. The lowest BCUT2D eigenvalue weighted by Gasteiger charge is -2.14. The van der Waals surface area contributed by atoms with Gasteiger partial charge in [0.05, 0.1) is 12.5 Å². The van der Waals surface area contributed by atoms with Gasteiger partial charge in [-0.2, -0.15) is 0 Å². The first-order chi connectivity index (χ1) is 15.9. The van der Waals surface area contributed by atoms with Gasteiger partial charge in [0.25, 0.3) is 0 Å². The number of benzene rings is 1. The highest BCUT2D eigenvalue weighted by Gasteiger charge is 2.19. The molecular formula is C23H28N4O6. The molecule has 0 spiro atoms. The highest BCUT2D eigenvalue weighted by molar-refractivity contribution is 5.86. The largest absolute Gasteiger partial charge is 0.491 e. The molecule has 0 radical (unpaired) electrons. The molecule has 33 heavy (non-hydrogen) atoms. The number of nitrogens with one attached hydrogen (secondary N) is 1. The summed E-state index contributed by atoms with van der Waals surface area (Å²) in [4.78, 5) is 17.0. The van der Waals surface area contributed by atoms with Crippen LogP contribution in [0.5, 0.6) is 23.1 Å². The van der Waals surface area contributed by atoms with Crippen LogP contribution in [0.4, 0.5) is 0 Å². The number of hydrogen-bond donors (Lipinski definition) is 2. The maximum absolute atomic E-state index is 12.4. The van der Waals surface area contributed by atoms with Crippen LogP contribution in [0.2, 0.25) is 0 Å². The molecule has 1 aliphatic heterocycles. The van der Waals surface area contributed by atoms with Gasteiger partial charge in [-0.25, -0.2) is 9.67 Å². The van der Waals surface area contributed by atoms with E-state index in [0.29, 0.717) is 29.5 Å². The summed E-state index contributed by atoms with van der Waals surface area (Å²) in [6, 6.07) is 5.20. The fraction of sp³-hybridized carbons (Fsp3) is 0.435. The molecular weight excluding hydrogens is 428 g/mol. The Morgan fingerprint density at radius 1 is 1.30 bits per heavy atom. The van der Waals surface area contributed by atoms with Crippen LogP contribution in [0.15, 0.2) is 18.2 Å². The first-order valence-electron chi connectivity index (χ1n) is 10.7. The zero-order valence-electron chi connectivity index (χ0n) is 19.2. The van der Waals surface area contributed by atoms with Crippen molar-refractivity contribution in [1.29, 1.82) is 0 Å². The summed E-state index contributed by atoms with van der Waals surface area (Å²) in [5.74, 6) is 2.20. The standard InChI is InChI=1S/C23H28N4O6/c1-13-17(14(2)25-22-21(13)23(30-4)26-27(22)3)6-8-20(29)24-10-15(28)11-31-16-5-7-18-19(9-16)33-12-32-18/h5,7,9,15,28H,6,8,10-12H2,1-4H3,(H,24,29). The molecule has 2 aromatic heterocycles. The Balaban J connectivity index is 1.28. The van der Waals surface area contributed by atoms with Crippen molar-refractivity contribution in [2.24, 2.45) is 7.05 Å². The van der Waals surface area contributed by atoms with Crippen LogP contribution < -0.4 is 24.3 Å². The lowest BCUT2D eigenvalue weighted by atomic mass is 10.00. The van der Waals surface area contributed by atoms with Crippen LogP contribution in [0.1, 0.15) is 23.2 Å². The number of ether oxygens (including phenoxy) is 4. The summed E-state index contributed by atoms with van der Waals surface area (Å²) >= 11 is 0. The normalized spacial score (nSPS) is 13.2. The summed E-state index contributed by atoms with van der Waals surface area (Å²) in [5.41, 5.74) is 3.61. The average Bonchev–Trinajstić information content (AvgIpc) is 3.39. The second-order valence-electron chi connectivity index (χ2n) is 7.92. The zero-order valence-corrected chi connectivity index (χ0v) is 19.2. The smallest absolute Gasteiger partial charge is 0.242 e. The van der Waals surface area contributed by atoms with Gasteiger partial charge in [-0.05, 0) is 43.5 Å².